The molecule has 17 heavy (non-hydrogen) atoms. The van der Waals surface area contributed by atoms with Gasteiger partial charge in [0.1, 0.15) is 17.7 Å². The second kappa shape index (κ2) is 5.47. The molecule has 0 amide bonds. The van der Waals surface area contributed by atoms with Gasteiger partial charge in [0.25, 0.3) is 5.56 Å². The van der Waals surface area contributed by atoms with Gasteiger partial charge in [0.2, 0.25) is 0 Å². The van der Waals surface area contributed by atoms with E-state index >= 15 is 0 Å². The van der Waals surface area contributed by atoms with Crippen molar-refractivity contribution in [1.29, 1.82) is 0 Å². The van der Waals surface area contributed by atoms with E-state index in [2.05, 4.69) is 15.3 Å². The second-order valence-electron chi connectivity index (χ2n) is 4.38. The molecule has 0 aliphatic heterocycles. The highest BCUT2D eigenvalue weighted by atomic mass is 16.4. The van der Waals surface area contributed by atoms with Gasteiger partial charge in [0.15, 0.2) is 0 Å². The third-order valence-corrected chi connectivity index (χ3v) is 2.19. The zero-order valence-electron chi connectivity index (χ0n) is 10.2. The van der Waals surface area contributed by atoms with Crippen LogP contribution in [0, 0.1) is 12.8 Å². The average molecular weight is 239 g/mol. The molecule has 0 bridgehead atoms. The van der Waals surface area contributed by atoms with E-state index in [0.29, 0.717) is 18.1 Å². The number of aryl methyl sites for hydroxylation is 1. The van der Waals surface area contributed by atoms with Crippen molar-refractivity contribution in [1.82, 2.24) is 9.97 Å². The van der Waals surface area contributed by atoms with Gasteiger partial charge in [-0.1, -0.05) is 13.8 Å². The predicted octanol–water partition coefficient (Wildman–Crippen LogP) is 0.990. The van der Waals surface area contributed by atoms with E-state index in [9.17, 15) is 9.59 Å². The first-order valence-electron chi connectivity index (χ1n) is 5.45. The summed E-state index contributed by atoms with van der Waals surface area (Å²) >= 11 is 0. The van der Waals surface area contributed by atoms with Crippen molar-refractivity contribution in [2.45, 2.75) is 33.2 Å². The maximum atomic E-state index is 11.2. The van der Waals surface area contributed by atoms with E-state index in [0.717, 1.165) is 0 Å². The highest BCUT2D eigenvalue weighted by Crippen LogP contribution is 2.10. The molecule has 3 N–H and O–H groups in total. The van der Waals surface area contributed by atoms with E-state index in [4.69, 9.17) is 5.11 Å². The Kier molecular flexibility index (Phi) is 4.25. The Hall–Kier alpha value is -1.85. The average Bonchev–Trinajstić information content (AvgIpc) is 2.13. The van der Waals surface area contributed by atoms with Gasteiger partial charge in [0, 0.05) is 6.07 Å². The third kappa shape index (κ3) is 4.26. The Balaban J connectivity index is 2.85. The Morgan fingerprint density at radius 2 is 2.24 bits per heavy atom. The van der Waals surface area contributed by atoms with Crippen LogP contribution in [0.2, 0.25) is 0 Å². The number of anilines is 1. The molecular weight excluding hydrogens is 222 g/mol. The number of nitrogens with zero attached hydrogens (tertiary/aromatic N) is 1. The molecule has 0 spiro atoms. The van der Waals surface area contributed by atoms with Crippen molar-refractivity contribution in [3.63, 3.8) is 0 Å². The van der Waals surface area contributed by atoms with E-state index in [1.54, 1.807) is 6.92 Å². The Bertz CT molecular complexity index is 454. The van der Waals surface area contributed by atoms with Gasteiger partial charge in [-0.15, -0.1) is 0 Å². The molecule has 0 radical (unpaired) electrons. The maximum Gasteiger partial charge on any atom is 0.326 e. The van der Waals surface area contributed by atoms with E-state index in [1.165, 1.54) is 6.07 Å². The molecule has 0 saturated carbocycles. The number of aromatic amines is 1. The maximum absolute atomic E-state index is 11.2. The lowest BCUT2D eigenvalue weighted by atomic mass is 10.0. The molecule has 1 unspecified atom stereocenters. The number of carboxylic acids is 1. The minimum absolute atomic E-state index is 0.242. The van der Waals surface area contributed by atoms with Gasteiger partial charge in [-0.2, -0.15) is 0 Å². The summed E-state index contributed by atoms with van der Waals surface area (Å²) in [5, 5.41) is 11.8. The smallest absolute Gasteiger partial charge is 0.326 e. The molecule has 0 aromatic carbocycles. The molecule has 0 aliphatic rings. The molecule has 1 heterocycles. The Labute approximate surface area is 99.1 Å². The quantitative estimate of drug-likeness (QED) is 0.712. The lowest BCUT2D eigenvalue weighted by Crippen LogP contribution is -2.31. The number of aromatic nitrogens is 2. The zero-order valence-corrected chi connectivity index (χ0v) is 10.2. The van der Waals surface area contributed by atoms with Crippen LogP contribution in [0.3, 0.4) is 0 Å². The fraction of sp³-hybridized carbons (Fsp3) is 0.545. The second-order valence-corrected chi connectivity index (χ2v) is 4.38. The van der Waals surface area contributed by atoms with Gasteiger partial charge >= 0.3 is 5.97 Å². The van der Waals surface area contributed by atoms with Crippen molar-refractivity contribution in [3.8, 4) is 0 Å². The standard InChI is InChI=1S/C11H17N3O3/c1-6(2)4-8(11(16)17)14-9-5-10(15)13-7(3)12-9/h5-6,8H,4H2,1-3H3,(H,16,17)(H2,12,13,14,15). The van der Waals surface area contributed by atoms with Gasteiger partial charge in [-0.3, -0.25) is 4.79 Å². The summed E-state index contributed by atoms with van der Waals surface area (Å²) in [4.78, 5) is 28.8. The topological polar surface area (TPSA) is 95.1 Å². The van der Waals surface area contributed by atoms with Crippen LogP contribution in [0.5, 0.6) is 0 Å². The number of rotatable bonds is 5. The normalized spacial score (nSPS) is 12.5. The monoisotopic (exact) mass is 239 g/mol. The highest BCUT2D eigenvalue weighted by molar-refractivity contribution is 5.76. The van der Waals surface area contributed by atoms with Gasteiger partial charge in [-0.05, 0) is 19.3 Å². The van der Waals surface area contributed by atoms with E-state index in [-0.39, 0.29) is 11.5 Å². The fourth-order valence-electron chi connectivity index (χ4n) is 1.52. The molecule has 1 rings (SSSR count). The summed E-state index contributed by atoms with van der Waals surface area (Å²) in [7, 11) is 0. The van der Waals surface area contributed by atoms with Crippen molar-refractivity contribution in [2.24, 2.45) is 5.92 Å². The summed E-state index contributed by atoms with van der Waals surface area (Å²) in [5.74, 6) is 0.0399. The first-order valence-corrected chi connectivity index (χ1v) is 5.45. The molecule has 6 nitrogen and oxygen atoms in total. The SMILES string of the molecule is Cc1nc(NC(CC(C)C)C(=O)O)cc(=O)[nH]1. The van der Waals surface area contributed by atoms with Crippen molar-refractivity contribution >= 4 is 11.8 Å². The van der Waals surface area contributed by atoms with Crippen molar-refractivity contribution < 1.29 is 9.90 Å². The fourth-order valence-corrected chi connectivity index (χ4v) is 1.52. The van der Waals surface area contributed by atoms with Crippen LogP contribution in [0.4, 0.5) is 5.82 Å². The Morgan fingerprint density at radius 1 is 1.59 bits per heavy atom. The molecular formula is C11H17N3O3. The van der Waals surface area contributed by atoms with E-state index < -0.39 is 12.0 Å². The van der Waals surface area contributed by atoms with Crippen LogP contribution >= 0.6 is 0 Å². The first-order chi connectivity index (χ1) is 7.88. The van der Waals surface area contributed by atoms with Crippen LogP contribution in [-0.4, -0.2) is 27.1 Å². The van der Waals surface area contributed by atoms with Crippen LogP contribution in [-0.2, 0) is 4.79 Å². The number of carboxylic acid groups (broad SMARTS) is 1. The number of aliphatic carboxylic acids is 1. The summed E-state index contributed by atoms with van der Waals surface area (Å²) < 4.78 is 0. The van der Waals surface area contributed by atoms with Crippen molar-refractivity contribution in [2.75, 3.05) is 5.32 Å². The third-order valence-electron chi connectivity index (χ3n) is 2.19. The molecule has 0 aliphatic carbocycles. The highest BCUT2D eigenvalue weighted by Gasteiger charge is 2.19. The van der Waals surface area contributed by atoms with Crippen LogP contribution < -0.4 is 10.9 Å². The van der Waals surface area contributed by atoms with Gasteiger partial charge < -0.3 is 15.4 Å². The zero-order chi connectivity index (χ0) is 13.0. The molecule has 1 aromatic heterocycles. The minimum Gasteiger partial charge on any atom is -0.480 e. The molecule has 0 saturated heterocycles. The molecule has 1 atom stereocenters. The summed E-state index contributed by atoms with van der Waals surface area (Å²) in [5.41, 5.74) is -0.298. The first kappa shape index (κ1) is 13.2. The lowest BCUT2D eigenvalue weighted by molar-refractivity contribution is -0.138. The van der Waals surface area contributed by atoms with Crippen LogP contribution in [0.1, 0.15) is 26.1 Å². The van der Waals surface area contributed by atoms with Gasteiger partial charge in [0.05, 0.1) is 0 Å². The van der Waals surface area contributed by atoms with Gasteiger partial charge in [-0.25, -0.2) is 9.78 Å². The van der Waals surface area contributed by atoms with E-state index in [1.807, 2.05) is 13.8 Å². The number of hydrogen-bond donors (Lipinski definition) is 3. The summed E-state index contributed by atoms with van der Waals surface area (Å²) in [6.07, 6.45) is 0.475. The van der Waals surface area contributed by atoms with Crippen molar-refractivity contribution in [3.05, 3.63) is 22.2 Å². The molecule has 94 valence electrons. The van der Waals surface area contributed by atoms with Crippen LogP contribution in [0.25, 0.3) is 0 Å². The molecule has 6 heteroatoms. The Morgan fingerprint density at radius 3 is 2.71 bits per heavy atom. The molecule has 1 aromatic rings. The minimum atomic E-state index is -0.946. The number of nitrogens with one attached hydrogen (secondary N) is 2. The van der Waals surface area contributed by atoms with Crippen LogP contribution in [0.15, 0.2) is 10.9 Å². The lowest BCUT2D eigenvalue weighted by Gasteiger charge is -2.16. The largest absolute Gasteiger partial charge is 0.480 e. The summed E-state index contributed by atoms with van der Waals surface area (Å²) in [6.45, 7) is 5.52. The number of H-pyrrole nitrogens is 1. The summed E-state index contributed by atoms with van der Waals surface area (Å²) in [6, 6.07) is 0.521. The molecule has 0 fully saturated rings. The number of hydrogen-bond acceptors (Lipinski definition) is 4. The predicted molar refractivity (Wildman–Crippen MR) is 64.1 cm³/mol. The number of carbonyl (C=O) groups is 1.